The van der Waals surface area contributed by atoms with E-state index in [1.54, 1.807) is 14.2 Å². The van der Waals surface area contributed by atoms with Gasteiger partial charge in [-0.1, -0.05) is 18.2 Å². The Bertz CT molecular complexity index is 748. The molecule has 0 radical (unpaired) electrons. The molecule has 132 valence electrons. The lowest BCUT2D eigenvalue weighted by molar-refractivity contribution is 0.214. The second-order valence-corrected chi connectivity index (χ2v) is 5.82. The molecule has 6 nitrogen and oxygen atoms in total. The number of benzene rings is 2. The molecular formula is C19H22N2O4. The van der Waals surface area contributed by atoms with Crippen LogP contribution >= 0.6 is 0 Å². The van der Waals surface area contributed by atoms with E-state index in [1.165, 1.54) is 0 Å². The first-order valence-electron chi connectivity index (χ1n) is 8.15. The second-order valence-electron chi connectivity index (χ2n) is 5.82. The van der Waals surface area contributed by atoms with Crippen LogP contribution in [-0.4, -0.2) is 32.9 Å². The van der Waals surface area contributed by atoms with Crippen LogP contribution in [0.2, 0.25) is 0 Å². The fourth-order valence-electron chi connectivity index (χ4n) is 2.85. The molecule has 0 unspecified atom stereocenters. The van der Waals surface area contributed by atoms with Crippen molar-refractivity contribution in [2.45, 2.75) is 19.0 Å². The molecule has 2 N–H and O–H groups in total. The molecule has 0 aliphatic carbocycles. The van der Waals surface area contributed by atoms with Crippen molar-refractivity contribution >= 4 is 6.03 Å². The largest absolute Gasteiger partial charge is 0.497 e. The van der Waals surface area contributed by atoms with Crippen LogP contribution in [-0.2, 0) is 13.0 Å². The van der Waals surface area contributed by atoms with Gasteiger partial charge >= 0.3 is 6.03 Å². The van der Waals surface area contributed by atoms with E-state index < -0.39 is 0 Å². The molecule has 2 aromatic rings. The monoisotopic (exact) mass is 342 g/mol. The van der Waals surface area contributed by atoms with Crippen molar-refractivity contribution in [3.05, 3.63) is 53.6 Å². The lowest BCUT2D eigenvalue weighted by Crippen LogP contribution is -2.47. The van der Waals surface area contributed by atoms with Crippen molar-refractivity contribution in [1.29, 1.82) is 0 Å². The summed E-state index contributed by atoms with van der Waals surface area (Å²) in [6.07, 6.45) is 0.756. The van der Waals surface area contributed by atoms with Gasteiger partial charge in [-0.05, 0) is 36.2 Å². The molecule has 0 fully saturated rings. The fourth-order valence-corrected chi connectivity index (χ4v) is 2.85. The van der Waals surface area contributed by atoms with Crippen molar-refractivity contribution in [1.82, 2.24) is 10.6 Å². The first-order chi connectivity index (χ1) is 12.2. The average molecular weight is 342 g/mol. The highest BCUT2D eigenvalue weighted by atomic mass is 16.5. The number of para-hydroxylation sites is 1. The molecule has 6 heteroatoms. The summed E-state index contributed by atoms with van der Waals surface area (Å²) in [5.41, 5.74) is 1.95. The summed E-state index contributed by atoms with van der Waals surface area (Å²) in [5.74, 6) is 2.31. The molecule has 0 saturated carbocycles. The molecule has 3 rings (SSSR count). The van der Waals surface area contributed by atoms with E-state index in [2.05, 4.69) is 10.6 Å². The number of hydrogen-bond donors (Lipinski definition) is 2. The molecule has 2 aromatic carbocycles. The molecule has 1 aliphatic heterocycles. The number of ether oxygens (including phenoxy) is 3. The number of hydrogen-bond acceptors (Lipinski definition) is 4. The Labute approximate surface area is 147 Å². The van der Waals surface area contributed by atoms with Gasteiger partial charge in [0.05, 0.1) is 20.3 Å². The Morgan fingerprint density at radius 2 is 2.04 bits per heavy atom. The predicted molar refractivity (Wildman–Crippen MR) is 94.3 cm³/mol. The van der Waals surface area contributed by atoms with Crippen LogP contribution in [0.1, 0.15) is 11.1 Å². The molecule has 1 aliphatic rings. The van der Waals surface area contributed by atoms with E-state index in [0.717, 1.165) is 29.0 Å². The summed E-state index contributed by atoms with van der Waals surface area (Å²) < 4.78 is 16.2. The Balaban J connectivity index is 1.55. The Kier molecular flexibility index (Phi) is 5.28. The summed E-state index contributed by atoms with van der Waals surface area (Å²) in [6, 6.07) is 13.1. The summed E-state index contributed by atoms with van der Waals surface area (Å²) >= 11 is 0. The average Bonchev–Trinajstić information content (AvgIpc) is 2.66. The Morgan fingerprint density at radius 1 is 1.20 bits per heavy atom. The zero-order valence-electron chi connectivity index (χ0n) is 14.4. The van der Waals surface area contributed by atoms with E-state index in [4.69, 9.17) is 14.2 Å². The van der Waals surface area contributed by atoms with Crippen molar-refractivity contribution in [3.63, 3.8) is 0 Å². The van der Waals surface area contributed by atoms with Crippen LogP contribution in [0.15, 0.2) is 42.5 Å². The van der Waals surface area contributed by atoms with E-state index in [1.807, 2.05) is 42.5 Å². The van der Waals surface area contributed by atoms with Gasteiger partial charge in [-0.2, -0.15) is 0 Å². The fraction of sp³-hybridized carbons (Fsp3) is 0.316. The van der Waals surface area contributed by atoms with Gasteiger partial charge in [0.2, 0.25) is 0 Å². The molecule has 0 spiro atoms. The molecule has 1 atom stereocenters. The molecule has 0 aromatic heterocycles. The van der Waals surface area contributed by atoms with E-state index in [0.29, 0.717) is 18.9 Å². The molecule has 25 heavy (non-hydrogen) atoms. The number of carbonyl (C=O) groups is 1. The van der Waals surface area contributed by atoms with Crippen LogP contribution in [0, 0.1) is 0 Å². The standard InChI is InChI=1S/C19H22N2O4/c1-23-16-7-8-17(24-2)14(10-16)11-20-19(22)21-15-9-13-5-3-4-6-18(13)25-12-15/h3-8,10,15H,9,11-12H2,1-2H3,(H2,20,21,22)/t15-/m1/s1. The maximum Gasteiger partial charge on any atom is 0.315 e. The zero-order valence-corrected chi connectivity index (χ0v) is 14.4. The van der Waals surface area contributed by atoms with Gasteiger partial charge < -0.3 is 24.8 Å². The molecule has 0 bridgehead atoms. The maximum atomic E-state index is 12.2. The number of rotatable bonds is 5. The van der Waals surface area contributed by atoms with Crippen molar-refractivity contribution in [2.75, 3.05) is 20.8 Å². The van der Waals surface area contributed by atoms with Gasteiger partial charge in [0.15, 0.2) is 0 Å². The SMILES string of the molecule is COc1ccc(OC)c(CNC(=O)N[C@H]2COc3ccccc3C2)c1. The van der Waals surface area contributed by atoms with Crippen LogP contribution in [0.4, 0.5) is 4.79 Å². The topological polar surface area (TPSA) is 68.8 Å². The molecule has 0 saturated heterocycles. The van der Waals surface area contributed by atoms with E-state index >= 15 is 0 Å². The predicted octanol–water partition coefficient (Wildman–Crippen LogP) is 2.51. The minimum atomic E-state index is -0.238. The summed E-state index contributed by atoms with van der Waals surface area (Å²) in [6.45, 7) is 0.809. The Morgan fingerprint density at radius 3 is 2.84 bits per heavy atom. The van der Waals surface area contributed by atoms with Crippen LogP contribution < -0.4 is 24.8 Å². The normalized spacial score (nSPS) is 15.5. The molecular weight excluding hydrogens is 320 g/mol. The number of nitrogens with one attached hydrogen (secondary N) is 2. The smallest absolute Gasteiger partial charge is 0.315 e. The van der Waals surface area contributed by atoms with Gasteiger partial charge in [0.1, 0.15) is 23.9 Å². The number of methoxy groups -OCH3 is 2. The highest BCUT2D eigenvalue weighted by molar-refractivity contribution is 5.74. The molecule has 2 amide bonds. The highest BCUT2D eigenvalue weighted by Gasteiger charge is 2.21. The van der Waals surface area contributed by atoms with Crippen LogP contribution in [0.3, 0.4) is 0 Å². The van der Waals surface area contributed by atoms with Crippen molar-refractivity contribution < 1.29 is 19.0 Å². The van der Waals surface area contributed by atoms with Gasteiger partial charge in [-0.15, -0.1) is 0 Å². The number of fused-ring (bicyclic) bond motifs is 1. The lowest BCUT2D eigenvalue weighted by Gasteiger charge is -2.26. The third-order valence-electron chi connectivity index (χ3n) is 4.14. The highest BCUT2D eigenvalue weighted by Crippen LogP contribution is 2.25. The van der Waals surface area contributed by atoms with Gasteiger partial charge in [-0.3, -0.25) is 0 Å². The third-order valence-corrected chi connectivity index (χ3v) is 4.14. The van der Waals surface area contributed by atoms with E-state index in [-0.39, 0.29) is 12.1 Å². The first kappa shape index (κ1) is 17.0. The second kappa shape index (κ2) is 7.79. The van der Waals surface area contributed by atoms with E-state index in [9.17, 15) is 4.79 Å². The minimum Gasteiger partial charge on any atom is -0.497 e. The lowest BCUT2D eigenvalue weighted by atomic mass is 10.0. The number of amides is 2. The number of urea groups is 1. The Hall–Kier alpha value is -2.89. The zero-order chi connectivity index (χ0) is 17.6. The molecule has 1 heterocycles. The minimum absolute atomic E-state index is 0.0536. The summed E-state index contributed by atoms with van der Waals surface area (Å²) in [4.78, 5) is 12.2. The van der Waals surface area contributed by atoms with Crippen molar-refractivity contribution in [2.24, 2.45) is 0 Å². The van der Waals surface area contributed by atoms with Crippen molar-refractivity contribution in [3.8, 4) is 17.2 Å². The number of carbonyl (C=O) groups excluding carboxylic acids is 1. The first-order valence-corrected chi connectivity index (χ1v) is 8.15. The van der Waals surface area contributed by atoms with Crippen LogP contribution in [0.5, 0.6) is 17.2 Å². The summed E-state index contributed by atoms with van der Waals surface area (Å²) in [7, 11) is 3.20. The van der Waals surface area contributed by atoms with Crippen LogP contribution in [0.25, 0.3) is 0 Å². The third kappa shape index (κ3) is 4.15. The van der Waals surface area contributed by atoms with Gasteiger partial charge in [-0.25, -0.2) is 4.79 Å². The maximum absolute atomic E-state index is 12.2. The van der Waals surface area contributed by atoms with Gasteiger partial charge in [0.25, 0.3) is 0 Å². The quantitative estimate of drug-likeness (QED) is 0.876. The van der Waals surface area contributed by atoms with Gasteiger partial charge in [0, 0.05) is 12.1 Å². The summed E-state index contributed by atoms with van der Waals surface area (Å²) in [5, 5.41) is 5.80.